The number of carboxylic acids is 1. The lowest BCUT2D eigenvalue weighted by molar-refractivity contribution is -0.139. The smallest absolute Gasteiger partial charge is 0.331 e. The first-order chi connectivity index (χ1) is 8.89. The lowest BCUT2D eigenvalue weighted by Crippen LogP contribution is -2.19. The van der Waals surface area contributed by atoms with E-state index in [1.807, 2.05) is 36.5 Å². The number of hydrogen-bond acceptors (Lipinski definition) is 2. The van der Waals surface area contributed by atoms with Crippen molar-refractivity contribution in [1.82, 2.24) is 9.55 Å². The Morgan fingerprint density at radius 3 is 2.37 bits per heavy atom. The van der Waals surface area contributed by atoms with Crippen LogP contribution in [-0.4, -0.2) is 20.6 Å². The van der Waals surface area contributed by atoms with Gasteiger partial charge < -0.3 is 9.67 Å². The lowest BCUT2D eigenvalue weighted by Gasteiger charge is -2.16. The van der Waals surface area contributed by atoms with Crippen LogP contribution in [0, 0.1) is 0 Å². The molecule has 0 aliphatic heterocycles. The molecule has 0 saturated carbocycles. The van der Waals surface area contributed by atoms with E-state index in [4.69, 9.17) is 0 Å². The number of benzene rings is 1. The molecule has 2 aromatic rings. The van der Waals surface area contributed by atoms with Crippen LogP contribution in [0.25, 0.3) is 0 Å². The van der Waals surface area contributed by atoms with Crippen molar-refractivity contribution in [3.8, 4) is 0 Å². The number of nitrogens with zero attached hydrogens (tertiary/aromatic N) is 2. The number of rotatable bonds is 3. The molecule has 0 bridgehead atoms. The fourth-order valence-electron chi connectivity index (χ4n) is 1.94. The average Bonchev–Trinajstić information content (AvgIpc) is 2.79. The van der Waals surface area contributed by atoms with E-state index in [0.29, 0.717) is 0 Å². The summed E-state index contributed by atoms with van der Waals surface area (Å²) in [6, 6.07) is 8.45. The highest BCUT2D eigenvalue weighted by molar-refractivity contribution is 5.76. The fraction of sp³-hybridized carbons (Fsp3) is 0.333. The van der Waals surface area contributed by atoms with Crippen LogP contribution in [0.1, 0.15) is 38.1 Å². The van der Waals surface area contributed by atoms with E-state index in [0.717, 1.165) is 11.3 Å². The summed E-state index contributed by atoms with van der Waals surface area (Å²) in [5.41, 5.74) is 1.54. The summed E-state index contributed by atoms with van der Waals surface area (Å²) in [5.74, 6) is -0.885. The van der Waals surface area contributed by atoms with Gasteiger partial charge in [-0.2, -0.15) is 0 Å². The Bertz CT molecular complexity index is 567. The molecule has 4 heteroatoms. The molecule has 0 aliphatic rings. The standard InChI is InChI=1S/C15H18N2O2/c1-15(2,3)12-9-17(10-16-12)13(14(18)19)11-7-5-4-6-8-11/h4-10,13H,1-3H3,(H,18,19). The van der Waals surface area contributed by atoms with Crippen LogP contribution >= 0.6 is 0 Å². The molecule has 1 aromatic carbocycles. The van der Waals surface area contributed by atoms with E-state index in [9.17, 15) is 9.90 Å². The molecule has 0 amide bonds. The maximum absolute atomic E-state index is 11.5. The molecule has 19 heavy (non-hydrogen) atoms. The zero-order chi connectivity index (χ0) is 14.0. The van der Waals surface area contributed by atoms with Crippen molar-refractivity contribution < 1.29 is 9.90 Å². The summed E-state index contributed by atoms with van der Waals surface area (Å²) >= 11 is 0. The normalized spacial score (nSPS) is 13.2. The van der Waals surface area contributed by atoms with E-state index < -0.39 is 12.0 Å². The van der Waals surface area contributed by atoms with Crippen LogP contribution in [0.15, 0.2) is 42.9 Å². The van der Waals surface area contributed by atoms with Crippen LogP contribution in [0.5, 0.6) is 0 Å². The molecular formula is C15H18N2O2. The third kappa shape index (κ3) is 2.84. The van der Waals surface area contributed by atoms with E-state index >= 15 is 0 Å². The second kappa shape index (κ2) is 4.88. The summed E-state index contributed by atoms with van der Waals surface area (Å²) in [6.45, 7) is 6.16. The molecular weight excluding hydrogens is 240 g/mol. The predicted molar refractivity (Wildman–Crippen MR) is 73.1 cm³/mol. The van der Waals surface area contributed by atoms with Gasteiger partial charge in [-0.3, -0.25) is 0 Å². The van der Waals surface area contributed by atoms with Gasteiger partial charge in [0.05, 0.1) is 12.0 Å². The Hall–Kier alpha value is -2.10. The van der Waals surface area contributed by atoms with E-state index in [-0.39, 0.29) is 5.41 Å². The van der Waals surface area contributed by atoms with Crippen LogP contribution in [0.4, 0.5) is 0 Å². The van der Waals surface area contributed by atoms with Crippen molar-refractivity contribution >= 4 is 5.97 Å². The zero-order valence-electron chi connectivity index (χ0n) is 11.4. The molecule has 1 aromatic heterocycles. The number of aliphatic carboxylic acids is 1. The number of aromatic nitrogens is 2. The monoisotopic (exact) mass is 258 g/mol. The van der Waals surface area contributed by atoms with E-state index in [2.05, 4.69) is 25.8 Å². The first-order valence-electron chi connectivity index (χ1n) is 6.21. The zero-order valence-corrected chi connectivity index (χ0v) is 11.4. The van der Waals surface area contributed by atoms with Crippen molar-refractivity contribution in [2.45, 2.75) is 32.2 Å². The van der Waals surface area contributed by atoms with Gasteiger partial charge in [-0.05, 0) is 5.56 Å². The number of hydrogen-bond donors (Lipinski definition) is 1. The SMILES string of the molecule is CC(C)(C)c1cn(C(C(=O)O)c2ccccc2)cn1. The molecule has 0 spiro atoms. The number of carbonyl (C=O) groups is 1. The van der Waals surface area contributed by atoms with Gasteiger partial charge in [0.15, 0.2) is 6.04 Å². The molecule has 1 atom stereocenters. The topological polar surface area (TPSA) is 55.1 Å². The largest absolute Gasteiger partial charge is 0.479 e. The summed E-state index contributed by atoms with van der Waals surface area (Å²) in [7, 11) is 0. The molecule has 0 radical (unpaired) electrons. The third-order valence-electron chi connectivity index (χ3n) is 3.02. The summed E-state index contributed by atoms with van der Waals surface area (Å²) in [4.78, 5) is 15.8. The van der Waals surface area contributed by atoms with Crippen LogP contribution in [-0.2, 0) is 10.2 Å². The molecule has 1 heterocycles. The molecule has 2 rings (SSSR count). The van der Waals surface area contributed by atoms with E-state index in [1.165, 1.54) is 0 Å². The van der Waals surface area contributed by atoms with Gasteiger partial charge in [0.2, 0.25) is 0 Å². The number of carboxylic acid groups (broad SMARTS) is 1. The van der Waals surface area contributed by atoms with Gasteiger partial charge in [-0.25, -0.2) is 9.78 Å². The van der Waals surface area contributed by atoms with Crippen molar-refractivity contribution in [3.05, 3.63) is 54.1 Å². The van der Waals surface area contributed by atoms with Crippen molar-refractivity contribution in [2.24, 2.45) is 0 Å². The minimum Gasteiger partial charge on any atom is -0.479 e. The minimum atomic E-state index is -0.885. The van der Waals surface area contributed by atoms with Crippen LogP contribution in [0.2, 0.25) is 0 Å². The van der Waals surface area contributed by atoms with Crippen molar-refractivity contribution in [2.75, 3.05) is 0 Å². The molecule has 0 aliphatic carbocycles. The second-order valence-electron chi connectivity index (χ2n) is 5.61. The maximum Gasteiger partial charge on any atom is 0.331 e. The first-order valence-corrected chi connectivity index (χ1v) is 6.21. The highest BCUT2D eigenvalue weighted by Crippen LogP contribution is 2.24. The predicted octanol–water partition coefficient (Wildman–Crippen LogP) is 2.85. The fourth-order valence-corrected chi connectivity index (χ4v) is 1.94. The molecule has 100 valence electrons. The minimum absolute atomic E-state index is 0.0923. The highest BCUT2D eigenvalue weighted by Gasteiger charge is 2.24. The Morgan fingerprint density at radius 2 is 1.89 bits per heavy atom. The summed E-state index contributed by atoms with van der Waals surface area (Å²) in [5, 5.41) is 9.44. The molecule has 0 saturated heterocycles. The maximum atomic E-state index is 11.5. The van der Waals surface area contributed by atoms with Crippen LogP contribution in [0.3, 0.4) is 0 Å². The lowest BCUT2D eigenvalue weighted by atomic mass is 9.93. The quantitative estimate of drug-likeness (QED) is 0.921. The Labute approximate surface area is 112 Å². The second-order valence-corrected chi connectivity index (χ2v) is 5.61. The van der Waals surface area contributed by atoms with Crippen molar-refractivity contribution in [3.63, 3.8) is 0 Å². The van der Waals surface area contributed by atoms with Gasteiger partial charge in [-0.15, -0.1) is 0 Å². The Kier molecular flexibility index (Phi) is 3.42. The van der Waals surface area contributed by atoms with Crippen LogP contribution < -0.4 is 0 Å². The Morgan fingerprint density at radius 1 is 1.26 bits per heavy atom. The highest BCUT2D eigenvalue weighted by atomic mass is 16.4. The van der Waals surface area contributed by atoms with Gasteiger partial charge in [0.25, 0.3) is 0 Å². The van der Waals surface area contributed by atoms with Gasteiger partial charge >= 0.3 is 5.97 Å². The van der Waals surface area contributed by atoms with Gasteiger partial charge in [0, 0.05) is 11.6 Å². The Balaban J connectivity index is 2.41. The summed E-state index contributed by atoms with van der Waals surface area (Å²) in [6.07, 6.45) is 3.40. The van der Waals surface area contributed by atoms with Gasteiger partial charge in [-0.1, -0.05) is 51.1 Å². The average molecular weight is 258 g/mol. The molecule has 1 N–H and O–H groups in total. The third-order valence-corrected chi connectivity index (χ3v) is 3.02. The molecule has 4 nitrogen and oxygen atoms in total. The summed E-state index contributed by atoms with van der Waals surface area (Å²) < 4.78 is 1.65. The van der Waals surface area contributed by atoms with E-state index in [1.54, 1.807) is 10.9 Å². The molecule has 0 fully saturated rings. The first kappa shape index (κ1) is 13.3. The number of imidazole rings is 1. The molecule has 1 unspecified atom stereocenters. The van der Waals surface area contributed by atoms with Gasteiger partial charge in [0.1, 0.15) is 0 Å². The van der Waals surface area contributed by atoms with Crippen molar-refractivity contribution in [1.29, 1.82) is 0 Å².